The molecule has 0 fully saturated rings. The number of thiazole rings is 1. The van der Waals surface area contributed by atoms with E-state index >= 15 is 0 Å². The third kappa shape index (κ3) is 2.57. The van der Waals surface area contributed by atoms with Crippen LogP contribution in [0.4, 0.5) is 0 Å². The summed E-state index contributed by atoms with van der Waals surface area (Å²) in [4.78, 5) is 5.09. The first-order valence-corrected chi connectivity index (χ1v) is 5.01. The van der Waals surface area contributed by atoms with Crippen LogP contribution in [0.5, 0.6) is 0 Å². The highest BCUT2D eigenvalue weighted by molar-refractivity contribution is 7.11. The predicted molar refractivity (Wildman–Crippen MR) is 51.3 cm³/mol. The molecule has 0 aromatic carbocycles. The zero-order chi connectivity index (χ0) is 9.14. The van der Waals surface area contributed by atoms with Gasteiger partial charge in [-0.1, -0.05) is 13.8 Å². The van der Waals surface area contributed by atoms with Gasteiger partial charge in [0.05, 0.1) is 16.0 Å². The summed E-state index contributed by atoms with van der Waals surface area (Å²) in [5.74, 6) is 0.530. The molecule has 0 bridgehead atoms. The average Bonchev–Trinajstić information content (AvgIpc) is 2.34. The van der Waals surface area contributed by atoms with Gasteiger partial charge in [-0.25, -0.2) is 4.98 Å². The van der Waals surface area contributed by atoms with Crippen LogP contribution in [-0.4, -0.2) is 10.1 Å². The van der Waals surface area contributed by atoms with Gasteiger partial charge in [-0.2, -0.15) is 0 Å². The zero-order valence-electron chi connectivity index (χ0n) is 7.74. The molecule has 0 aliphatic carbocycles. The second-order valence-corrected chi connectivity index (χ2v) is 4.69. The molecule has 0 aliphatic heterocycles. The fourth-order valence-corrected chi connectivity index (χ4v) is 1.88. The number of rotatable bonds is 3. The molecule has 1 atom stereocenters. The van der Waals surface area contributed by atoms with Crippen molar-refractivity contribution in [1.82, 2.24) is 4.98 Å². The lowest BCUT2D eigenvalue weighted by Gasteiger charge is -2.09. The van der Waals surface area contributed by atoms with Crippen LogP contribution in [0.15, 0.2) is 6.20 Å². The standard InChI is InChI=1S/C9H15NOS/c1-6(2)4-8(11)9-5-10-7(3)12-9/h5-6,8,11H,4H2,1-3H3. The van der Waals surface area contributed by atoms with E-state index in [1.807, 2.05) is 6.92 Å². The summed E-state index contributed by atoms with van der Waals surface area (Å²) in [5, 5.41) is 10.7. The molecule has 1 N–H and O–H groups in total. The number of aromatic nitrogens is 1. The van der Waals surface area contributed by atoms with Gasteiger partial charge in [0, 0.05) is 6.20 Å². The molecular formula is C9H15NOS. The molecule has 0 aliphatic rings. The highest BCUT2D eigenvalue weighted by Gasteiger charge is 2.11. The van der Waals surface area contributed by atoms with Gasteiger partial charge in [0.15, 0.2) is 0 Å². The van der Waals surface area contributed by atoms with Gasteiger partial charge in [0.25, 0.3) is 0 Å². The van der Waals surface area contributed by atoms with E-state index in [9.17, 15) is 5.11 Å². The van der Waals surface area contributed by atoms with E-state index in [4.69, 9.17) is 0 Å². The lowest BCUT2D eigenvalue weighted by atomic mass is 10.1. The largest absolute Gasteiger partial charge is 0.388 e. The summed E-state index contributed by atoms with van der Waals surface area (Å²) < 4.78 is 0. The Kier molecular flexibility index (Phi) is 3.23. The van der Waals surface area contributed by atoms with E-state index < -0.39 is 0 Å². The van der Waals surface area contributed by atoms with E-state index in [-0.39, 0.29) is 6.10 Å². The smallest absolute Gasteiger partial charge is 0.0900 e. The predicted octanol–water partition coefficient (Wildman–Crippen LogP) is 2.53. The molecule has 0 saturated carbocycles. The number of hydrogen-bond acceptors (Lipinski definition) is 3. The number of aryl methyl sites for hydroxylation is 1. The van der Waals surface area contributed by atoms with Crippen LogP contribution in [-0.2, 0) is 0 Å². The third-order valence-corrected chi connectivity index (χ3v) is 2.68. The first kappa shape index (κ1) is 9.68. The molecule has 1 unspecified atom stereocenters. The van der Waals surface area contributed by atoms with E-state index in [0.717, 1.165) is 16.3 Å². The highest BCUT2D eigenvalue weighted by Crippen LogP contribution is 2.25. The van der Waals surface area contributed by atoms with Crippen molar-refractivity contribution in [2.45, 2.75) is 33.3 Å². The quantitative estimate of drug-likeness (QED) is 0.785. The molecule has 1 aromatic rings. The summed E-state index contributed by atoms with van der Waals surface area (Å²) in [6.45, 7) is 6.17. The Bertz CT molecular complexity index is 244. The van der Waals surface area contributed by atoms with Crippen LogP contribution in [0.25, 0.3) is 0 Å². The van der Waals surface area contributed by atoms with Crippen molar-refractivity contribution in [2.75, 3.05) is 0 Å². The molecule has 1 aromatic heterocycles. The summed E-state index contributed by atoms with van der Waals surface area (Å²) in [5.41, 5.74) is 0. The Morgan fingerprint density at radius 3 is 2.67 bits per heavy atom. The van der Waals surface area contributed by atoms with Crippen molar-refractivity contribution < 1.29 is 5.11 Å². The molecule has 0 spiro atoms. The minimum Gasteiger partial charge on any atom is -0.388 e. The normalized spacial score (nSPS) is 13.8. The third-order valence-electron chi connectivity index (χ3n) is 1.66. The van der Waals surface area contributed by atoms with Gasteiger partial charge in [-0.05, 0) is 19.3 Å². The van der Waals surface area contributed by atoms with Crippen LogP contribution in [0.3, 0.4) is 0 Å². The van der Waals surface area contributed by atoms with Crippen molar-refractivity contribution in [1.29, 1.82) is 0 Å². The maximum absolute atomic E-state index is 9.67. The summed E-state index contributed by atoms with van der Waals surface area (Å²) in [7, 11) is 0. The molecule has 3 heteroatoms. The van der Waals surface area contributed by atoms with Gasteiger partial charge in [-0.3, -0.25) is 0 Å². The van der Waals surface area contributed by atoms with Crippen LogP contribution in [0.1, 0.15) is 36.3 Å². The van der Waals surface area contributed by atoms with E-state index in [2.05, 4.69) is 18.8 Å². The maximum atomic E-state index is 9.67. The van der Waals surface area contributed by atoms with Crippen molar-refractivity contribution >= 4 is 11.3 Å². The van der Waals surface area contributed by atoms with E-state index in [0.29, 0.717) is 5.92 Å². The summed E-state index contributed by atoms with van der Waals surface area (Å²) >= 11 is 1.58. The molecule has 12 heavy (non-hydrogen) atoms. The molecular weight excluding hydrogens is 170 g/mol. The van der Waals surface area contributed by atoms with Crippen LogP contribution in [0, 0.1) is 12.8 Å². The number of aliphatic hydroxyl groups excluding tert-OH is 1. The Hall–Kier alpha value is -0.410. The fraction of sp³-hybridized carbons (Fsp3) is 0.667. The van der Waals surface area contributed by atoms with Crippen molar-refractivity contribution in [3.63, 3.8) is 0 Å². The van der Waals surface area contributed by atoms with Gasteiger partial charge < -0.3 is 5.11 Å². The van der Waals surface area contributed by atoms with Crippen molar-refractivity contribution in [2.24, 2.45) is 5.92 Å². The van der Waals surface area contributed by atoms with Crippen LogP contribution >= 0.6 is 11.3 Å². The lowest BCUT2D eigenvalue weighted by molar-refractivity contribution is 0.154. The molecule has 2 nitrogen and oxygen atoms in total. The first-order chi connectivity index (χ1) is 5.59. The molecule has 1 rings (SSSR count). The molecule has 0 amide bonds. The molecule has 68 valence electrons. The summed E-state index contributed by atoms with van der Waals surface area (Å²) in [6, 6.07) is 0. The van der Waals surface area contributed by atoms with Gasteiger partial charge in [-0.15, -0.1) is 11.3 Å². The van der Waals surface area contributed by atoms with Gasteiger partial charge in [0.1, 0.15) is 0 Å². The van der Waals surface area contributed by atoms with Crippen LogP contribution in [0.2, 0.25) is 0 Å². The maximum Gasteiger partial charge on any atom is 0.0900 e. The minimum absolute atomic E-state index is 0.323. The van der Waals surface area contributed by atoms with Crippen molar-refractivity contribution in [3.8, 4) is 0 Å². The number of aliphatic hydroxyl groups is 1. The second kappa shape index (κ2) is 4.01. The molecule has 0 radical (unpaired) electrons. The Labute approximate surface area is 77.3 Å². The fourth-order valence-electron chi connectivity index (χ4n) is 1.09. The Morgan fingerprint density at radius 2 is 2.25 bits per heavy atom. The van der Waals surface area contributed by atoms with E-state index in [1.54, 1.807) is 17.5 Å². The SMILES string of the molecule is Cc1ncc(C(O)CC(C)C)s1. The summed E-state index contributed by atoms with van der Waals surface area (Å²) in [6.07, 6.45) is 2.27. The Balaban J connectivity index is 2.58. The molecule has 0 saturated heterocycles. The van der Waals surface area contributed by atoms with Gasteiger partial charge >= 0.3 is 0 Å². The second-order valence-electron chi connectivity index (χ2n) is 3.43. The van der Waals surface area contributed by atoms with Crippen LogP contribution < -0.4 is 0 Å². The van der Waals surface area contributed by atoms with E-state index in [1.165, 1.54) is 0 Å². The lowest BCUT2D eigenvalue weighted by Crippen LogP contribution is -1.99. The number of hydrogen-bond donors (Lipinski definition) is 1. The Morgan fingerprint density at radius 1 is 1.58 bits per heavy atom. The van der Waals surface area contributed by atoms with Gasteiger partial charge in [0.2, 0.25) is 0 Å². The molecule has 1 heterocycles. The average molecular weight is 185 g/mol. The minimum atomic E-state index is -0.323. The monoisotopic (exact) mass is 185 g/mol. The topological polar surface area (TPSA) is 33.1 Å². The highest BCUT2D eigenvalue weighted by atomic mass is 32.1. The number of nitrogens with zero attached hydrogens (tertiary/aromatic N) is 1. The zero-order valence-corrected chi connectivity index (χ0v) is 8.56. The van der Waals surface area contributed by atoms with Crippen molar-refractivity contribution in [3.05, 3.63) is 16.1 Å². The first-order valence-electron chi connectivity index (χ1n) is 4.20.